The molecule has 6 aromatic carbocycles. The van der Waals surface area contributed by atoms with Crippen molar-refractivity contribution in [2.45, 2.75) is 97.8 Å². The molecule has 1 aliphatic heterocycles. The largest absolute Gasteiger partial charge is 0.457 e. The van der Waals surface area contributed by atoms with E-state index in [2.05, 4.69) is 248 Å². The van der Waals surface area contributed by atoms with E-state index in [9.17, 15) is 0 Å². The Kier molecular flexibility index (Phi) is 10.6. The molecule has 9 rings (SSSR count). The lowest BCUT2D eigenvalue weighted by atomic mass is 9.78. The van der Waals surface area contributed by atoms with E-state index in [0.717, 1.165) is 50.7 Å². The van der Waals surface area contributed by atoms with Gasteiger partial charge in [0.1, 0.15) is 17.3 Å². The highest BCUT2D eigenvalue weighted by molar-refractivity contribution is 6.10. The standard InChI is InChI=1S/C59H62N4O/c1-56(2,3)42-29-30-60-55(35-42)63-52-28-25-43(59(10,11)41-21-16-13-17-22-41)34-51(52)50-27-26-49(37-53(50)63)64-48-24-18-23-46(36-48)62-39-61(38-54(62)40-19-14-12-15-20-40)47-32-44(57(4,5)6)31-45(33-47)58(7,8)9/h12-38H,39H2,1-11H3. The normalized spacial score (nSPS) is 13.8. The van der Waals surface area contributed by atoms with Gasteiger partial charge in [-0.15, -0.1) is 0 Å². The third-order valence-corrected chi connectivity index (χ3v) is 13.1. The summed E-state index contributed by atoms with van der Waals surface area (Å²) in [4.78, 5) is 9.77. The lowest BCUT2D eigenvalue weighted by molar-refractivity contribution is 0.483. The first-order chi connectivity index (χ1) is 30.3. The lowest BCUT2D eigenvalue weighted by Gasteiger charge is -2.29. The Morgan fingerprint density at radius 2 is 1.12 bits per heavy atom. The minimum atomic E-state index is -0.184. The second-order valence-corrected chi connectivity index (χ2v) is 21.2. The van der Waals surface area contributed by atoms with Gasteiger partial charge in [-0.1, -0.05) is 155 Å². The maximum Gasteiger partial charge on any atom is 0.137 e. The predicted molar refractivity (Wildman–Crippen MR) is 270 cm³/mol. The predicted octanol–water partition coefficient (Wildman–Crippen LogP) is 15.5. The van der Waals surface area contributed by atoms with Crippen LogP contribution in [0.4, 0.5) is 11.4 Å². The van der Waals surface area contributed by atoms with Crippen LogP contribution in [-0.4, -0.2) is 16.2 Å². The molecule has 0 spiro atoms. The second kappa shape index (κ2) is 15.9. The molecule has 8 aromatic rings. The van der Waals surface area contributed by atoms with Crippen molar-refractivity contribution in [3.8, 4) is 17.3 Å². The Hall–Kier alpha value is -6.59. The Bertz CT molecular complexity index is 2990. The molecule has 0 aliphatic carbocycles. The molecule has 2 aromatic heterocycles. The summed E-state index contributed by atoms with van der Waals surface area (Å²) in [6, 6.07) is 54.9. The number of aromatic nitrogens is 2. The van der Waals surface area contributed by atoms with E-state index in [1.807, 2.05) is 6.20 Å². The number of fused-ring (bicyclic) bond motifs is 3. The molecule has 0 bridgehead atoms. The van der Waals surface area contributed by atoms with E-state index in [1.54, 1.807) is 0 Å². The number of ether oxygens (including phenoxy) is 1. The number of nitrogens with zero attached hydrogens (tertiary/aromatic N) is 4. The van der Waals surface area contributed by atoms with E-state index in [0.29, 0.717) is 6.67 Å². The average molecular weight is 843 g/mol. The zero-order valence-electron chi connectivity index (χ0n) is 39.5. The highest BCUT2D eigenvalue weighted by Crippen LogP contribution is 2.42. The third kappa shape index (κ3) is 8.20. The quantitative estimate of drug-likeness (QED) is 0.153. The Morgan fingerprint density at radius 1 is 0.469 bits per heavy atom. The van der Waals surface area contributed by atoms with Crippen LogP contribution in [0.15, 0.2) is 164 Å². The highest BCUT2D eigenvalue weighted by Gasteiger charge is 2.29. The molecule has 0 saturated carbocycles. The Labute approximate surface area is 380 Å². The number of rotatable bonds is 8. The van der Waals surface area contributed by atoms with Crippen molar-refractivity contribution in [2.24, 2.45) is 0 Å². The van der Waals surface area contributed by atoms with Crippen molar-refractivity contribution in [2.75, 3.05) is 16.5 Å². The summed E-state index contributed by atoms with van der Waals surface area (Å²) in [6.07, 6.45) is 4.24. The first-order valence-corrected chi connectivity index (χ1v) is 22.7. The highest BCUT2D eigenvalue weighted by atomic mass is 16.5. The maximum atomic E-state index is 6.85. The minimum absolute atomic E-state index is 0.0135. The van der Waals surface area contributed by atoms with Crippen LogP contribution in [-0.2, 0) is 21.7 Å². The molecule has 0 N–H and O–H groups in total. The van der Waals surface area contributed by atoms with Crippen molar-refractivity contribution >= 4 is 38.9 Å². The van der Waals surface area contributed by atoms with Crippen LogP contribution in [0.2, 0.25) is 0 Å². The summed E-state index contributed by atoms with van der Waals surface area (Å²) in [5, 5.41) is 2.35. The number of hydrogen-bond acceptors (Lipinski definition) is 4. The van der Waals surface area contributed by atoms with Crippen molar-refractivity contribution in [3.63, 3.8) is 0 Å². The van der Waals surface area contributed by atoms with Gasteiger partial charge < -0.3 is 14.5 Å². The third-order valence-electron chi connectivity index (χ3n) is 13.1. The molecule has 0 fully saturated rings. The maximum absolute atomic E-state index is 6.85. The topological polar surface area (TPSA) is 33.5 Å². The van der Waals surface area contributed by atoms with Crippen LogP contribution in [0.25, 0.3) is 33.3 Å². The number of benzene rings is 6. The van der Waals surface area contributed by atoms with Crippen LogP contribution in [0, 0.1) is 0 Å². The van der Waals surface area contributed by atoms with Gasteiger partial charge >= 0.3 is 0 Å². The fourth-order valence-corrected chi connectivity index (χ4v) is 8.93. The van der Waals surface area contributed by atoms with Gasteiger partial charge in [0, 0.05) is 52.1 Å². The average Bonchev–Trinajstić information content (AvgIpc) is 3.86. The molecule has 3 heterocycles. The summed E-state index contributed by atoms with van der Waals surface area (Å²) >= 11 is 0. The van der Waals surface area contributed by atoms with Gasteiger partial charge in [0.15, 0.2) is 0 Å². The van der Waals surface area contributed by atoms with E-state index >= 15 is 0 Å². The first-order valence-electron chi connectivity index (χ1n) is 22.7. The van der Waals surface area contributed by atoms with E-state index in [-0.39, 0.29) is 21.7 Å². The van der Waals surface area contributed by atoms with Gasteiger partial charge in [-0.25, -0.2) is 4.98 Å². The molecule has 0 amide bonds. The number of hydrogen-bond donors (Lipinski definition) is 0. The van der Waals surface area contributed by atoms with Crippen LogP contribution in [0.1, 0.15) is 110 Å². The molecule has 0 unspecified atom stereocenters. The van der Waals surface area contributed by atoms with Crippen LogP contribution >= 0.6 is 0 Å². The molecule has 324 valence electrons. The van der Waals surface area contributed by atoms with Gasteiger partial charge in [0.05, 0.1) is 23.4 Å². The Morgan fingerprint density at radius 3 is 1.80 bits per heavy atom. The zero-order chi connectivity index (χ0) is 45.2. The summed E-state index contributed by atoms with van der Waals surface area (Å²) in [5.74, 6) is 2.43. The van der Waals surface area contributed by atoms with Gasteiger partial charge in [-0.2, -0.15) is 0 Å². The van der Waals surface area contributed by atoms with Crippen molar-refractivity contribution in [1.82, 2.24) is 9.55 Å². The van der Waals surface area contributed by atoms with E-state index in [1.165, 1.54) is 38.9 Å². The number of pyridine rings is 1. The second-order valence-electron chi connectivity index (χ2n) is 21.2. The fourth-order valence-electron chi connectivity index (χ4n) is 8.93. The van der Waals surface area contributed by atoms with Gasteiger partial charge in [0.25, 0.3) is 0 Å². The molecule has 5 nitrogen and oxygen atoms in total. The van der Waals surface area contributed by atoms with Crippen LogP contribution in [0.5, 0.6) is 11.5 Å². The molecular weight excluding hydrogens is 781 g/mol. The zero-order valence-corrected chi connectivity index (χ0v) is 39.5. The molecule has 1 aliphatic rings. The molecule has 64 heavy (non-hydrogen) atoms. The molecule has 0 radical (unpaired) electrons. The molecular formula is C59H62N4O. The van der Waals surface area contributed by atoms with Gasteiger partial charge in [-0.3, -0.25) is 4.57 Å². The van der Waals surface area contributed by atoms with Gasteiger partial charge in [0.2, 0.25) is 0 Å². The van der Waals surface area contributed by atoms with E-state index in [4.69, 9.17) is 9.72 Å². The van der Waals surface area contributed by atoms with Crippen molar-refractivity contribution in [3.05, 3.63) is 197 Å². The molecule has 0 saturated heterocycles. The van der Waals surface area contributed by atoms with Gasteiger partial charge in [-0.05, 0) is 110 Å². The smallest absolute Gasteiger partial charge is 0.137 e. The summed E-state index contributed by atoms with van der Waals surface area (Å²) in [5.41, 5.74) is 13.0. The first kappa shape index (κ1) is 42.7. The summed E-state index contributed by atoms with van der Waals surface area (Å²) < 4.78 is 9.16. The minimum Gasteiger partial charge on any atom is -0.457 e. The van der Waals surface area contributed by atoms with E-state index < -0.39 is 0 Å². The molecule has 5 heteroatoms. The monoisotopic (exact) mass is 842 g/mol. The van der Waals surface area contributed by atoms with Crippen molar-refractivity contribution < 1.29 is 4.74 Å². The van der Waals surface area contributed by atoms with Crippen LogP contribution in [0.3, 0.4) is 0 Å². The molecule has 0 atom stereocenters. The van der Waals surface area contributed by atoms with Crippen LogP contribution < -0.4 is 14.5 Å². The summed E-state index contributed by atoms with van der Waals surface area (Å²) in [7, 11) is 0. The fraction of sp³-hybridized carbons (Fsp3) is 0.271. The number of anilines is 2. The Balaban J connectivity index is 1.11. The van der Waals surface area contributed by atoms with Crippen molar-refractivity contribution in [1.29, 1.82) is 0 Å². The lowest BCUT2D eigenvalue weighted by Crippen LogP contribution is -2.27. The summed E-state index contributed by atoms with van der Waals surface area (Å²) in [6.45, 7) is 25.8. The SMILES string of the molecule is CC(C)(C)c1cc(N2C=C(c3ccccc3)N(c3cccc(Oc4ccc5c6cc(C(C)(C)c7ccccc7)ccc6n(-c6cc(C(C)(C)C)ccn6)c5c4)c3)C2)cc(C(C)(C)C)c1.